The number of ether oxygens (including phenoxy) is 2. The Balaban J connectivity index is 1.64. The molecule has 31 heavy (non-hydrogen) atoms. The van der Waals surface area contributed by atoms with Crippen molar-refractivity contribution >= 4 is 40.9 Å². The van der Waals surface area contributed by atoms with Crippen LogP contribution in [-0.2, 0) is 20.7 Å². The maximum Gasteiger partial charge on any atom is 0.347 e. The second-order valence-corrected chi connectivity index (χ2v) is 9.94. The first-order valence-electron chi connectivity index (χ1n) is 10.6. The van der Waals surface area contributed by atoms with Gasteiger partial charge in [0.15, 0.2) is 5.78 Å². The molecular weight excluding hydrogens is 443 g/mol. The van der Waals surface area contributed by atoms with E-state index in [1.807, 2.05) is 6.92 Å². The fraction of sp³-hybridized carbons (Fsp3) is 0.609. The monoisotopic (exact) mass is 470 g/mol. The van der Waals surface area contributed by atoms with Crippen molar-refractivity contribution < 1.29 is 29.0 Å². The predicted octanol–water partition coefficient (Wildman–Crippen LogP) is 5.49. The lowest BCUT2D eigenvalue weighted by molar-refractivity contribution is -0.174. The fourth-order valence-corrected chi connectivity index (χ4v) is 5.08. The number of aliphatic carboxylic acids is 1. The number of hydrogen-bond acceptors (Lipinski definition) is 5. The van der Waals surface area contributed by atoms with Crippen molar-refractivity contribution in [1.29, 1.82) is 0 Å². The number of carbonyl (C=O) groups is 3. The Labute approximate surface area is 192 Å². The summed E-state index contributed by atoms with van der Waals surface area (Å²) in [5, 5.41) is 9.43. The van der Waals surface area contributed by atoms with Crippen LogP contribution < -0.4 is 4.74 Å². The van der Waals surface area contributed by atoms with E-state index < -0.39 is 23.0 Å². The SMILES string of the molecule is CC(C)(OC(=O)CCCOc1cc2c(c(Cl)c1Cl)C(=O)C(C)(C1CCCC1)C2)C(=O)O. The van der Waals surface area contributed by atoms with Crippen LogP contribution in [-0.4, -0.2) is 35.0 Å². The minimum atomic E-state index is -1.58. The summed E-state index contributed by atoms with van der Waals surface area (Å²) in [5.74, 6) is -1.03. The van der Waals surface area contributed by atoms with Crippen molar-refractivity contribution in [3.8, 4) is 5.75 Å². The zero-order chi connectivity index (χ0) is 23.0. The van der Waals surface area contributed by atoms with Crippen LogP contribution in [0.1, 0.15) is 75.2 Å². The molecule has 0 aliphatic heterocycles. The molecule has 2 aliphatic carbocycles. The number of benzene rings is 1. The van der Waals surface area contributed by atoms with Crippen LogP contribution in [0.15, 0.2) is 6.07 Å². The summed E-state index contributed by atoms with van der Waals surface area (Å²) in [7, 11) is 0. The molecule has 0 amide bonds. The quantitative estimate of drug-likeness (QED) is 0.398. The number of halogens is 2. The highest BCUT2D eigenvalue weighted by Crippen LogP contribution is 2.52. The van der Waals surface area contributed by atoms with Gasteiger partial charge >= 0.3 is 11.9 Å². The number of ketones is 1. The molecule has 1 aromatic rings. The Morgan fingerprint density at radius 2 is 1.87 bits per heavy atom. The van der Waals surface area contributed by atoms with E-state index in [2.05, 4.69) is 0 Å². The first-order valence-corrected chi connectivity index (χ1v) is 11.4. The lowest BCUT2D eigenvalue weighted by atomic mass is 9.73. The van der Waals surface area contributed by atoms with Gasteiger partial charge in [-0.2, -0.15) is 0 Å². The highest BCUT2D eigenvalue weighted by Gasteiger charge is 2.49. The van der Waals surface area contributed by atoms with Crippen LogP contribution in [0.5, 0.6) is 5.75 Å². The average molecular weight is 471 g/mol. The average Bonchev–Trinajstić information content (AvgIpc) is 3.30. The molecule has 1 saturated carbocycles. The smallest absolute Gasteiger partial charge is 0.347 e. The van der Waals surface area contributed by atoms with Crippen molar-refractivity contribution in [1.82, 2.24) is 0 Å². The normalized spacial score (nSPS) is 21.3. The molecular formula is C23H28Cl2O6. The van der Waals surface area contributed by atoms with Crippen molar-refractivity contribution in [2.75, 3.05) is 6.61 Å². The van der Waals surface area contributed by atoms with E-state index in [4.69, 9.17) is 37.8 Å². The first kappa shape index (κ1) is 23.9. The second-order valence-electron chi connectivity index (χ2n) is 9.18. The zero-order valence-electron chi connectivity index (χ0n) is 18.1. The lowest BCUT2D eigenvalue weighted by Gasteiger charge is -2.29. The van der Waals surface area contributed by atoms with Gasteiger partial charge in [0, 0.05) is 17.4 Å². The van der Waals surface area contributed by atoms with E-state index in [0.29, 0.717) is 30.1 Å². The third kappa shape index (κ3) is 4.70. The third-order valence-corrected chi connectivity index (χ3v) is 7.33. The van der Waals surface area contributed by atoms with E-state index in [1.54, 1.807) is 6.07 Å². The Morgan fingerprint density at radius 3 is 2.48 bits per heavy atom. The van der Waals surface area contributed by atoms with Gasteiger partial charge in [0.1, 0.15) is 10.8 Å². The largest absolute Gasteiger partial charge is 0.492 e. The number of carbonyl (C=O) groups excluding carboxylic acids is 2. The van der Waals surface area contributed by atoms with Crippen molar-refractivity contribution in [2.24, 2.45) is 11.3 Å². The van der Waals surface area contributed by atoms with E-state index in [1.165, 1.54) is 13.8 Å². The zero-order valence-corrected chi connectivity index (χ0v) is 19.6. The number of carboxylic acid groups (broad SMARTS) is 1. The molecule has 0 saturated heterocycles. The molecule has 6 nitrogen and oxygen atoms in total. The van der Waals surface area contributed by atoms with Gasteiger partial charge in [-0.25, -0.2) is 4.79 Å². The predicted molar refractivity (Wildman–Crippen MR) is 117 cm³/mol. The highest BCUT2D eigenvalue weighted by atomic mass is 35.5. The topological polar surface area (TPSA) is 89.9 Å². The number of fused-ring (bicyclic) bond motifs is 1. The van der Waals surface area contributed by atoms with Crippen LogP contribution in [0.25, 0.3) is 0 Å². The van der Waals surface area contributed by atoms with Crippen LogP contribution in [0.4, 0.5) is 0 Å². The number of rotatable bonds is 8. The molecule has 0 bridgehead atoms. The standard InChI is InChI=1S/C23H28Cl2O6/c1-22(2,21(28)29)31-16(26)9-6-10-30-15-11-13-12-23(3,14-7-4-5-8-14)20(27)17(13)19(25)18(15)24/h11,14H,4-10,12H2,1-3H3,(H,28,29). The molecule has 3 rings (SSSR count). The number of esters is 1. The van der Waals surface area contributed by atoms with Gasteiger partial charge < -0.3 is 14.6 Å². The van der Waals surface area contributed by atoms with Gasteiger partial charge in [-0.15, -0.1) is 0 Å². The number of hydrogen-bond donors (Lipinski definition) is 1. The maximum atomic E-state index is 13.2. The third-order valence-electron chi connectivity index (χ3n) is 6.48. The summed E-state index contributed by atoms with van der Waals surface area (Å²) in [6, 6.07) is 1.79. The maximum absolute atomic E-state index is 13.2. The van der Waals surface area contributed by atoms with Crippen molar-refractivity contribution in [3.63, 3.8) is 0 Å². The highest BCUT2D eigenvalue weighted by molar-refractivity contribution is 6.45. The summed E-state index contributed by atoms with van der Waals surface area (Å²) in [6.45, 7) is 4.83. The van der Waals surface area contributed by atoms with Gasteiger partial charge in [-0.3, -0.25) is 9.59 Å². The summed E-state index contributed by atoms with van der Waals surface area (Å²) in [5.41, 5.74) is -0.669. The minimum absolute atomic E-state index is 0.00520. The van der Waals surface area contributed by atoms with Gasteiger partial charge in [-0.05, 0) is 57.1 Å². The van der Waals surface area contributed by atoms with Crippen LogP contribution >= 0.6 is 23.2 Å². The molecule has 1 unspecified atom stereocenters. The summed E-state index contributed by atoms with van der Waals surface area (Å²) < 4.78 is 10.7. The van der Waals surface area contributed by atoms with E-state index >= 15 is 0 Å². The van der Waals surface area contributed by atoms with Crippen LogP contribution in [0, 0.1) is 11.3 Å². The number of carboxylic acids is 1. The molecule has 1 N–H and O–H groups in total. The summed E-state index contributed by atoms with van der Waals surface area (Å²) in [6.07, 6.45) is 5.36. The molecule has 8 heteroatoms. The Hall–Kier alpha value is -1.79. The fourth-order valence-electron chi connectivity index (χ4n) is 4.57. The summed E-state index contributed by atoms with van der Waals surface area (Å²) in [4.78, 5) is 36.1. The van der Waals surface area contributed by atoms with Crippen molar-refractivity contribution in [3.05, 3.63) is 27.2 Å². The molecule has 1 aromatic carbocycles. The molecule has 1 fully saturated rings. The Bertz CT molecular complexity index is 904. The molecule has 0 radical (unpaired) electrons. The Kier molecular flexibility index (Phi) is 6.92. The van der Waals surface area contributed by atoms with Gasteiger partial charge in [-0.1, -0.05) is 43.0 Å². The van der Waals surface area contributed by atoms with Gasteiger partial charge in [0.2, 0.25) is 5.60 Å². The molecule has 2 aliphatic rings. The molecule has 170 valence electrons. The van der Waals surface area contributed by atoms with E-state index in [-0.39, 0.29) is 28.9 Å². The summed E-state index contributed by atoms with van der Waals surface area (Å²) >= 11 is 12.9. The lowest BCUT2D eigenvalue weighted by Crippen LogP contribution is -2.37. The number of Topliss-reactive ketones (excluding diaryl/α,β-unsaturated/α-hetero) is 1. The second kappa shape index (κ2) is 8.99. The van der Waals surface area contributed by atoms with E-state index in [0.717, 1.165) is 31.2 Å². The molecule has 1 atom stereocenters. The van der Waals surface area contributed by atoms with Gasteiger partial charge in [0.05, 0.1) is 11.6 Å². The van der Waals surface area contributed by atoms with Crippen LogP contribution in [0.3, 0.4) is 0 Å². The minimum Gasteiger partial charge on any atom is -0.492 e. The van der Waals surface area contributed by atoms with Crippen LogP contribution in [0.2, 0.25) is 10.0 Å². The van der Waals surface area contributed by atoms with Crippen molar-refractivity contribution in [2.45, 2.75) is 71.3 Å². The molecule has 0 aromatic heterocycles. The Morgan fingerprint density at radius 1 is 1.23 bits per heavy atom. The first-order chi connectivity index (χ1) is 14.5. The van der Waals surface area contributed by atoms with E-state index in [9.17, 15) is 14.4 Å². The molecule has 0 heterocycles. The van der Waals surface area contributed by atoms with Gasteiger partial charge in [0.25, 0.3) is 0 Å². The molecule has 0 spiro atoms.